The molecule has 2 aliphatic rings. The van der Waals surface area contributed by atoms with Crippen molar-refractivity contribution in [1.82, 2.24) is 9.80 Å². The molecule has 1 saturated heterocycles. The van der Waals surface area contributed by atoms with Crippen LogP contribution in [0.25, 0.3) is 5.57 Å². The second-order valence-corrected chi connectivity index (χ2v) is 9.66. The van der Waals surface area contributed by atoms with Crippen molar-refractivity contribution in [3.05, 3.63) is 35.5 Å². The van der Waals surface area contributed by atoms with Crippen molar-refractivity contribution < 1.29 is 19.1 Å². The quantitative estimate of drug-likeness (QED) is 0.398. The van der Waals surface area contributed by atoms with Crippen LogP contribution in [-0.2, 0) is 14.3 Å². The van der Waals surface area contributed by atoms with E-state index in [0.29, 0.717) is 49.3 Å². The van der Waals surface area contributed by atoms with E-state index in [1.54, 1.807) is 0 Å². The third kappa shape index (κ3) is 5.91. The first-order chi connectivity index (χ1) is 15.3. The van der Waals surface area contributed by atoms with Crippen LogP contribution >= 0.6 is 0 Å². The van der Waals surface area contributed by atoms with Gasteiger partial charge in [-0.25, -0.2) is 0 Å². The van der Waals surface area contributed by atoms with Gasteiger partial charge in [-0.2, -0.15) is 0 Å². The van der Waals surface area contributed by atoms with E-state index >= 15 is 0 Å². The molecule has 6 heteroatoms. The minimum atomic E-state index is -0.205. The number of hydrogen-bond donors (Lipinski definition) is 0. The van der Waals surface area contributed by atoms with Crippen molar-refractivity contribution >= 4 is 17.4 Å². The maximum absolute atomic E-state index is 13.4. The van der Waals surface area contributed by atoms with Crippen molar-refractivity contribution in [2.75, 3.05) is 32.8 Å². The van der Waals surface area contributed by atoms with Crippen LogP contribution in [0.15, 0.2) is 30.0 Å². The van der Waals surface area contributed by atoms with Crippen LogP contribution < -0.4 is 4.74 Å². The molecule has 0 N–H and O–H groups in total. The van der Waals surface area contributed by atoms with Gasteiger partial charge in [0.15, 0.2) is 0 Å². The Kier molecular flexibility index (Phi) is 8.35. The zero-order valence-corrected chi connectivity index (χ0v) is 20.2. The molecular weight excluding hydrogens is 404 g/mol. The Morgan fingerprint density at radius 3 is 2.25 bits per heavy atom. The number of nitrogens with zero attached hydrogens (tertiary/aromatic N) is 2. The van der Waals surface area contributed by atoms with Crippen molar-refractivity contribution in [3.63, 3.8) is 0 Å². The molecular formula is C26H38N2O4. The number of rotatable bonds is 10. The standard InChI is InChI=1S/C26H38N2O4/c1-18(2)17-32-22-9-7-21(8-10-22)23-24(27-14-11-20(5)12-15-27)26(30)28(25(23)29)13-6-16-31-19(3)4/h7-10,18-20H,6,11-17H2,1-5H3. The fourth-order valence-electron chi connectivity index (χ4n) is 4.07. The number of piperidine rings is 1. The number of hydrogen-bond acceptors (Lipinski definition) is 5. The summed E-state index contributed by atoms with van der Waals surface area (Å²) in [5.41, 5.74) is 1.85. The molecule has 1 aromatic carbocycles. The van der Waals surface area contributed by atoms with Crippen LogP contribution in [0.1, 0.15) is 59.4 Å². The monoisotopic (exact) mass is 442 g/mol. The molecule has 176 valence electrons. The fraction of sp³-hybridized carbons (Fsp3) is 0.615. The van der Waals surface area contributed by atoms with Gasteiger partial charge in [0.1, 0.15) is 11.4 Å². The third-order valence-corrected chi connectivity index (χ3v) is 5.95. The molecule has 1 aromatic rings. The SMILES string of the molecule is CC(C)COc1ccc(C2=C(N3CCC(C)CC3)C(=O)N(CCCOC(C)C)C2=O)cc1. The number of imide groups is 1. The van der Waals surface area contributed by atoms with Crippen LogP contribution in [-0.4, -0.2) is 60.6 Å². The molecule has 0 aromatic heterocycles. The fourth-order valence-corrected chi connectivity index (χ4v) is 4.07. The number of ether oxygens (including phenoxy) is 2. The number of carbonyl (C=O) groups is 2. The molecule has 0 aliphatic carbocycles. The Morgan fingerprint density at radius 1 is 1.00 bits per heavy atom. The smallest absolute Gasteiger partial charge is 0.277 e. The lowest BCUT2D eigenvalue weighted by atomic mass is 9.97. The van der Waals surface area contributed by atoms with Gasteiger partial charge < -0.3 is 14.4 Å². The van der Waals surface area contributed by atoms with Gasteiger partial charge in [0.2, 0.25) is 0 Å². The molecule has 2 heterocycles. The first-order valence-electron chi connectivity index (χ1n) is 12.0. The molecule has 0 atom stereocenters. The predicted molar refractivity (Wildman–Crippen MR) is 126 cm³/mol. The molecule has 0 unspecified atom stereocenters. The molecule has 0 radical (unpaired) electrons. The molecule has 2 amide bonds. The molecule has 6 nitrogen and oxygen atoms in total. The number of amides is 2. The lowest BCUT2D eigenvalue weighted by molar-refractivity contribution is -0.137. The van der Waals surface area contributed by atoms with Crippen LogP contribution in [0, 0.1) is 11.8 Å². The second-order valence-electron chi connectivity index (χ2n) is 9.66. The summed E-state index contributed by atoms with van der Waals surface area (Å²) in [4.78, 5) is 30.3. The van der Waals surface area contributed by atoms with Crippen LogP contribution in [0.3, 0.4) is 0 Å². The van der Waals surface area contributed by atoms with Crippen LogP contribution in [0.5, 0.6) is 5.75 Å². The highest BCUT2D eigenvalue weighted by molar-refractivity contribution is 6.35. The van der Waals surface area contributed by atoms with E-state index in [4.69, 9.17) is 9.47 Å². The van der Waals surface area contributed by atoms with Crippen LogP contribution in [0.2, 0.25) is 0 Å². The second kappa shape index (κ2) is 11.0. The van der Waals surface area contributed by atoms with E-state index in [9.17, 15) is 9.59 Å². The third-order valence-electron chi connectivity index (χ3n) is 5.95. The minimum absolute atomic E-state index is 0.135. The van der Waals surface area contributed by atoms with Crippen molar-refractivity contribution in [2.45, 2.75) is 60.0 Å². The zero-order valence-electron chi connectivity index (χ0n) is 20.2. The van der Waals surface area contributed by atoms with Gasteiger partial charge in [-0.1, -0.05) is 32.9 Å². The van der Waals surface area contributed by atoms with Gasteiger partial charge in [-0.05, 0) is 62.6 Å². The van der Waals surface area contributed by atoms with Gasteiger partial charge in [0.05, 0.1) is 18.3 Å². The Bertz CT molecular complexity index is 821. The van der Waals surface area contributed by atoms with E-state index < -0.39 is 0 Å². The van der Waals surface area contributed by atoms with Gasteiger partial charge in [0.25, 0.3) is 11.8 Å². The molecule has 0 spiro atoms. The predicted octanol–water partition coefficient (Wildman–Crippen LogP) is 4.35. The average Bonchev–Trinajstić information content (AvgIpc) is 3.00. The summed E-state index contributed by atoms with van der Waals surface area (Å²) in [6.07, 6.45) is 2.83. The van der Waals surface area contributed by atoms with E-state index in [2.05, 4.69) is 25.7 Å². The van der Waals surface area contributed by atoms with Crippen LogP contribution in [0.4, 0.5) is 0 Å². The molecule has 32 heavy (non-hydrogen) atoms. The first kappa shape index (κ1) is 24.3. The van der Waals surface area contributed by atoms with E-state index in [1.165, 1.54) is 4.90 Å². The van der Waals surface area contributed by atoms with Gasteiger partial charge >= 0.3 is 0 Å². The maximum atomic E-state index is 13.4. The van der Waals surface area contributed by atoms with Gasteiger partial charge in [-0.15, -0.1) is 0 Å². The Morgan fingerprint density at radius 2 is 1.66 bits per heavy atom. The molecule has 0 bridgehead atoms. The first-order valence-corrected chi connectivity index (χ1v) is 12.0. The topological polar surface area (TPSA) is 59.1 Å². The highest BCUT2D eigenvalue weighted by Gasteiger charge is 2.41. The lowest BCUT2D eigenvalue weighted by Gasteiger charge is -2.32. The Hall–Kier alpha value is -2.34. The maximum Gasteiger partial charge on any atom is 0.277 e. The van der Waals surface area contributed by atoms with E-state index in [1.807, 2.05) is 38.1 Å². The van der Waals surface area contributed by atoms with E-state index in [0.717, 1.165) is 37.2 Å². The van der Waals surface area contributed by atoms with Gasteiger partial charge in [0, 0.05) is 26.2 Å². The summed E-state index contributed by atoms with van der Waals surface area (Å²) >= 11 is 0. The number of benzene rings is 1. The average molecular weight is 443 g/mol. The number of carbonyl (C=O) groups excluding carboxylic acids is 2. The van der Waals surface area contributed by atoms with E-state index in [-0.39, 0.29) is 17.9 Å². The molecule has 0 saturated carbocycles. The molecule has 3 rings (SSSR count). The minimum Gasteiger partial charge on any atom is -0.493 e. The summed E-state index contributed by atoms with van der Waals surface area (Å²) in [5, 5.41) is 0. The lowest BCUT2D eigenvalue weighted by Crippen LogP contribution is -2.39. The molecule has 1 fully saturated rings. The van der Waals surface area contributed by atoms with Gasteiger partial charge in [-0.3, -0.25) is 14.5 Å². The Balaban J connectivity index is 1.83. The summed E-state index contributed by atoms with van der Waals surface area (Å²) in [5.74, 6) is 1.47. The summed E-state index contributed by atoms with van der Waals surface area (Å²) < 4.78 is 11.4. The van der Waals surface area contributed by atoms with Crippen molar-refractivity contribution in [2.24, 2.45) is 11.8 Å². The Labute approximate surface area is 192 Å². The van der Waals surface area contributed by atoms with Crippen molar-refractivity contribution in [3.8, 4) is 5.75 Å². The largest absolute Gasteiger partial charge is 0.493 e. The summed E-state index contributed by atoms with van der Waals surface area (Å²) in [6, 6.07) is 7.57. The number of likely N-dealkylation sites (tertiary alicyclic amines) is 1. The van der Waals surface area contributed by atoms with Crippen molar-refractivity contribution in [1.29, 1.82) is 0 Å². The molecule has 2 aliphatic heterocycles. The normalized spacial score (nSPS) is 18.0. The highest BCUT2D eigenvalue weighted by atomic mass is 16.5. The summed E-state index contributed by atoms with van der Waals surface area (Å²) in [6.45, 7) is 13.6. The summed E-state index contributed by atoms with van der Waals surface area (Å²) in [7, 11) is 0. The zero-order chi connectivity index (χ0) is 23.3. The highest BCUT2D eigenvalue weighted by Crippen LogP contribution is 2.34.